The maximum Gasteiger partial charge on any atom is 0.416 e. The lowest BCUT2D eigenvalue weighted by Gasteiger charge is -2.25. The molecular formula is C13H12F3NO2. The topological polar surface area (TPSA) is 46.3 Å². The minimum Gasteiger partial charge on any atom is -0.445 e. The van der Waals surface area contributed by atoms with Crippen molar-refractivity contribution >= 4 is 0 Å². The van der Waals surface area contributed by atoms with Crippen molar-refractivity contribution in [1.29, 1.82) is 0 Å². The Morgan fingerprint density at radius 2 is 1.74 bits per heavy atom. The van der Waals surface area contributed by atoms with Crippen molar-refractivity contribution in [2.24, 2.45) is 0 Å². The Morgan fingerprint density at radius 3 is 2.21 bits per heavy atom. The zero-order valence-electron chi connectivity index (χ0n) is 10.3. The number of aliphatic hydroxyl groups is 1. The third-order valence-electron chi connectivity index (χ3n) is 2.94. The van der Waals surface area contributed by atoms with E-state index in [0.29, 0.717) is 5.69 Å². The molecule has 102 valence electrons. The van der Waals surface area contributed by atoms with Crippen LogP contribution < -0.4 is 0 Å². The van der Waals surface area contributed by atoms with E-state index in [0.717, 1.165) is 12.5 Å². The second-order valence-corrected chi connectivity index (χ2v) is 4.38. The summed E-state index contributed by atoms with van der Waals surface area (Å²) in [6.07, 6.45) is -3.45. The number of oxazole rings is 1. The summed E-state index contributed by atoms with van der Waals surface area (Å²) in [7, 11) is 0. The fourth-order valence-electron chi connectivity index (χ4n) is 2.05. The molecule has 3 nitrogen and oxygen atoms in total. The van der Waals surface area contributed by atoms with Gasteiger partial charge in [0.25, 0.3) is 0 Å². The van der Waals surface area contributed by atoms with Gasteiger partial charge in [0, 0.05) is 5.56 Å². The molecule has 0 amide bonds. The first-order valence-corrected chi connectivity index (χ1v) is 5.54. The van der Waals surface area contributed by atoms with Crippen molar-refractivity contribution in [2.45, 2.75) is 25.6 Å². The summed E-state index contributed by atoms with van der Waals surface area (Å²) in [5.41, 5.74) is -2.70. The number of nitrogens with zero attached hydrogens (tertiary/aromatic N) is 1. The Morgan fingerprint density at radius 1 is 1.16 bits per heavy atom. The smallest absolute Gasteiger partial charge is 0.416 e. The van der Waals surface area contributed by atoms with E-state index < -0.39 is 17.3 Å². The SMILES string of the molecule is Cc1ncoc1C(C)(O)c1ccccc1C(F)(F)F. The molecule has 2 rings (SSSR count). The standard InChI is InChI=1S/C13H12F3NO2/c1-8-11(19-7-17-8)12(2,18)9-5-3-4-6-10(9)13(14,15)16/h3-7,18H,1-2H3. The fraction of sp³-hybridized carbons (Fsp3) is 0.308. The average Bonchev–Trinajstić information content (AvgIpc) is 2.75. The highest BCUT2D eigenvalue weighted by molar-refractivity contribution is 5.39. The largest absolute Gasteiger partial charge is 0.445 e. The van der Waals surface area contributed by atoms with E-state index >= 15 is 0 Å². The van der Waals surface area contributed by atoms with Gasteiger partial charge in [0.2, 0.25) is 0 Å². The molecule has 0 saturated carbocycles. The van der Waals surface area contributed by atoms with Gasteiger partial charge in [-0.15, -0.1) is 0 Å². The molecule has 0 bridgehead atoms. The van der Waals surface area contributed by atoms with E-state index in [-0.39, 0.29) is 11.3 Å². The summed E-state index contributed by atoms with van der Waals surface area (Å²) in [6.45, 7) is 2.81. The van der Waals surface area contributed by atoms with E-state index in [1.165, 1.54) is 25.1 Å². The van der Waals surface area contributed by atoms with Crippen LogP contribution in [0.5, 0.6) is 0 Å². The van der Waals surface area contributed by atoms with Crippen LogP contribution >= 0.6 is 0 Å². The molecule has 0 spiro atoms. The Labute approximate surface area is 107 Å². The molecule has 0 radical (unpaired) electrons. The number of hydrogen-bond donors (Lipinski definition) is 1. The van der Waals surface area contributed by atoms with Crippen LogP contribution in [-0.4, -0.2) is 10.1 Å². The highest BCUT2D eigenvalue weighted by atomic mass is 19.4. The minimum atomic E-state index is -4.55. The molecule has 19 heavy (non-hydrogen) atoms. The van der Waals surface area contributed by atoms with Crippen LogP contribution in [0, 0.1) is 6.92 Å². The predicted molar refractivity (Wildman–Crippen MR) is 61.4 cm³/mol. The van der Waals surface area contributed by atoms with E-state index in [9.17, 15) is 18.3 Å². The number of aryl methyl sites for hydroxylation is 1. The molecule has 0 aliphatic heterocycles. The van der Waals surface area contributed by atoms with Gasteiger partial charge in [-0.1, -0.05) is 18.2 Å². The van der Waals surface area contributed by atoms with Crippen LogP contribution in [-0.2, 0) is 11.8 Å². The quantitative estimate of drug-likeness (QED) is 0.911. The number of aromatic nitrogens is 1. The van der Waals surface area contributed by atoms with Gasteiger partial charge in [0.15, 0.2) is 12.2 Å². The van der Waals surface area contributed by atoms with Crippen molar-refractivity contribution in [3.05, 3.63) is 53.2 Å². The average molecular weight is 271 g/mol. The van der Waals surface area contributed by atoms with E-state index in [2.05, 4.69) is 4.98 Å². The molecule has 1 heterocycles. The number of hydrogen-bond acceptors (Lipinski definition) is 3. The molecule has 1 aromatic carbocycles. The van der Waals surface area contributed by atoms with Gasteiger partial charge in [-0.3, -0.25) is 0 Å². The summed E-state index contributed by atoms with van der Waals surface area (Å²) < 4.78 is 43.9. The lowest BCUT2D eigenvalue weighted by Crippen LogP contribution is -2.27. The Kier molecular flexibility index (Phi) is 3.14. The molecule has 1 N–H and O–H groups in total. The van der Waals surface area contributed by atoms with Gasteiger partial charge >= 0.3 is 6.18 Å². The van der Waals surface area contributed by atoms with E-state index in [4.69, 9.17) is 4.42 Å². The highest BCUT2D eigenvalue weighted by Gasteiger charge is 2.41. The normalized spacial score (nSPS) is 15.3. The second-order valence-electron chi connectivity index (χ2n) is 4.38. The lowest BCUT2D eigenvalue weighted by molar-refractivity contribution is -0.140. The number of alkyl halides is 3. The molecule has 0 fully saturated rings. The first-order chi connectivity index (χ1) is 8.74. The highest BCUT2D eigenvalue weighted by Crippen LogP contribution is 2.39. The molecule has 0 saturated heterocycles. The molecule has 6 heteroatoms. The van der Waals surface area contributed by atoms with Crippen LogP contribution in [0.15, 0.2) is 35.1 Å². The predicted octanol–water partition coefficient (Wildman–Crippen LogP) is 3.26. The van der Waals surface area contributed by atoms with Crippen molar-refractivity contribution in [2.75, 3.05) is 0 Å². The minimum absolute atomic E-state index is 0.00389. The zero-order valence-corrected chi connectivity index (χ0v) is 10.3. The Balaban J connectivity index is 2.62. The van der Waals surface area contributed by atoms with Crippen molar-refractivity contribution in [3.63, 3.8) is 0 Å². The van der Waals surface area contributed by atoms with Gasteiger partial charge in [0.05, 0.1) is 11.3 Å². The number of rotatable bonds is 2. The van der Waals surface area contributed by atoms with Gasteiger partial charge in [0.1, 0.15) is 5.60 Å². The molecular weight excluding hydrogens is 259 g/mol. The fourth-order valence-corrected chi connectivity index (χ4v) is 2.05. The Bertz CT molecular complexity index is 588. The molecule has 1 unspecified atom stereocenters. The monoisotopic (exact) mass is 271 g/mol. The molecule has 0 aliphatic carbocycles. The molecule has 0 aliphatic rings. The summed E-state index contributed by atoms with van der Waals surface area (Å²) in [5.74, 6) is 0.00389. The van der Waals surface area contributed by atoms with Gasteiger partial charge in [-0.25, -0.2) is 4.98 Å². The lowest BCUT2D eigenvalue weighted by atomic mass is 9.88. The van der Waals surface area contributed by atoms with Crippen LogP contribution in [0.25, 0.3) is 0 Å². The van der Waals surface area contributed by atoms with E-state index in [1.54, 1.807) is 6.92 Å². The van der Waals surface area contributed by atoms with Crippen LogP contribution in [0.3, 0.4) is 0 Å². The third-order valence-corrected chi connectivity index (χ3v) is 2.94. The van der Waals surface area contributed by atoms with Crippen molar-refractivity contribution in [1.82, 2.24) is 4.98 Å². The van der Waals surface area contributed by atoms with Crippen molar-refractivity contribution in [3.8, 4) is 0 Å². The maximum absolute atomic E-state index is 13.0. The molecule has 1 atom stereocenters. The number of benzene rings is 1. The van der Waals surface area contributed by atoms with Crippen molar-refractivity contribution < 1.29 is 22.7 Å². The molecule has 1 aromatic heterocycles. The third kappa shape index (κ3) is 2.35. The maximum atomic E-state index is 13.0. The van der Waals surface area contributed by atoms with Crippen LogP contribution in [0.4, 0.5) is 13.2 Å². The summed E-state index contributed by atoms with van der Waals surface area (Å²) >= 11 is 0. The van der Waals surface area contributed by atoms with Crippen LogP contribution in [0.2, 0.25) is 0 Å². The second kappa shape index (κ2) is 4.38. The summed E-state index contributed by atoms with van der Waals surface area (Å²) in [4.78, 5) is 3.79. The van der Waals surface area contributed by atoms with Crippen LogP contribution in [0.1, 0.15) is 29.5 Å². The molecule has 2 aromatic rings. The first kappa shape index (κ1) is 13.6. The van der Waals surface area contributed by atoms with Gasteiger partial charge < -0.3 is 9.52 Å². The number of halogens is 3. The first-order valence-electron chi connectivity index (χ1n) is 5.54. The Hall–Kier alpha value is -1.82. The summed E-state index contributed by atoms with van der Waals surface area (Å²) in [5, 5.41) is 10.4. The summed E-state index contributed by atoms with van der Waals surface area (Å²) in [6, 6.07) is 4.86. The van der Waals surface area contributed by atoms with E-state index in [1.807, 2.05) is 0 Å². The van der Waals surface area contributed by atoms with Gasteiger partial charge in [-0.05, 0) is 19.9 Å². The van der Waals surface area contributed by atoms with Gasteiger partial charge in [-0.2, -0.15) is 13.2 Å². The zero-order chi connectivity index (χ0) is 14.3.